The van der Waals surface area contributed by atoms with Gasteiger partial charge in [0.05, 0.1) is 0 Å². The molecule has 6 nitrogen and oxygen atoms in total. The molecule has 0 aliphatic heterocycles. The van der Waals surface area contributed by atoms with Gasteiger partial charge in [0, 0.05) is 12.1 Å². The molecular formula is C21H26N2O4. The van der Waals surface area contributed by atoms with Crippen LogP contribution in [0, 0.1) is 6.92 Å². The highest BCUT2D eigenvalue weighted by atomic mass is 16.6. The lowest BCUT2D eigenvalue weighted by atomic mass is 10.0. The number of nitrogens with one attached hydrogen (secondary N) is 2. The van der Waals surface area contributed by atoms with E-state index in [2.05, 4.69) is 10.6 Å². The molecule has 2 aromatic rings. The first kappa shape index (κ1) is 20.3. The zero-order valence-electron chi connectivity index (χ0n) is 16.1. The van der Waals surface area contributed by atoms with Crippen molar-refractivity contribution in [1.82, 2.24) is 5.32 Å². The maximum absolute atomic E-state index is 12.8. The smallest absolute Gasteiger partial charge is 0.408 e. The highest BCUT2D eigenvalue weighted by Crippen LogP contribution is 2.16. The maximum Gasteiger partial charge on any atom is 0.408 e. The number of para-hydroxylation sites is 1. The molecule has 6 heteroatoms. The molecule has 0 radical (unpaired) electrons. The number of rotatable bonds is 5. The van der Waals surface area contributed by atoms with Crippen LogP contribution in [0.25, 0.3) is 0 Å². The Balaban J connectivity index is 2.17. The molecule has 2 aromatic carbocycles. The number of benzene rings is 2. The van der Waals surface area contributed by atoms with E-state index in [1.807, 2.05) is 25.1 Å². The molecule has 0 bridgehead atoms. The first-order valence-electron chi connectivity index (χ1n) is 8.78. The van der Waals surface area contributed by atoms with E-state index in [1.165, 1.54) is 0 Å². The molecule has 0 aliphatic carbocycles. The number of phenols is 1. The summed E-state index contributed by atoms with van der Waals surface area (Å²) in [5.41, 5.74) is 1.74. The monoisotopic (exact) mass is 370 g/mol. The van der Waals surface area contributed by atoms with Crippen molar-refractivity contribution >= 4 is 17.7 Å². The van der Waals surface area contributed by atoms with Crippen molar-refractivity contribution in [3.63, 3.8) is 0 Å². The largest absolute Gasteiger partial charge is 0.508 e. The number of aromatic hydroxyl groups is 1. The van der Waals surface area contributed by atoms with Gasteiger partial charge in [0.1, 0.15) is 17.4 Å². The van der Waals surface area contributed by atoms with Crippen LogP contribution >= 0.6 is 0 Å². The van der Waals surface area contributed by atoms with Crippen molar-refractivity contribution < 1.29 is 19.4 Å². The Labute approximate surface area is 159 Å². The van der Waals surface area contributed by atoms with Gasteiger partial charge in [0.25, 0.3) is 0 Å². The van der Waals surface area contributed by atoms with Gasteiger partial charge in [0.15, 0.2) is 0 Å². The number of hydrogen-bond donors (Lipinski definition) is 3. The third-order valence-corrected chi connectivity index (χ3v) is 3.79. The summed E-state index contributed by atoms with van der Waals surface area (Å²) in [7, 11) is 0. The summed E-state index contributed by atoms with van der Waals surface area (Å²) in [6.45, 7) is 7.17. The zero-order valence-corrected chi connectivity index (χ0v) is 16.1. The molecule has 0 saturated heterocycles. The Kier molecular flexibility index (Phi) is 6.45. The first-order valence-corrected chi connectivity index (χ1v) is 8.78. The molecule has 144 valence electrons. The fourth-order valence-corrected chi connectivity index (χ4v) is 2.46. The molecule has 0 heterocycles. The Bertz CT molecular complexity index is 795. The number of phenolic OH excluding ortho intramolecular Hbond substituents is 1. The summed E-state index contributed by atoms with van der Waals surface area (Å²) in [4.78, 5) is 25.0. The van der Waals surface area contributed by atoms with Crippen molar-refractivity contribution in [3.8, 4) is 5.75 Å². The van der Waals surface area contributed by atoms with Crippen LogP contribution in [-0.4, -0.2) is 28.7 Å². The quantitative estimate of drug-likeness (QED) is 0.747. The highest BCUT2D eigenvalue weighted by molar-refractivity contribution is 5.97. The number of carbonyl (C=O) groups excluding carboxylic acids is 2. The van der Waals surface area contributed by atoms with Crippen LogP contribution in [0.2, 0.25) is 0 Å². The zero-order chi connectivity index (χ0) is 20.0. The lowest BCUT2D eigenvalue weighted by molar-refractivity contribution is -0.118. The summed E-state index contributed by atoms with van der Waals surface area (Å²) in [5, 5.41) is 14.9. The standard InChI is InChI=1S/C21H26N2O4/c1-14-7-5-6-8-17(14)22-19(25)18(23-20(26)27-21(2,3)4)13-15-9-11-16(24)12-10-15/h5-12,18,24H,13H2,1-4H3,(H,22,25)(H,23,26). The van der Waals surface area contributed by atoms with E-state index in [-0.39, 0.29) is 18.1 Å². The van der Waals surface area contributed by atoms with E-state index >= 15 is 0 Å². The Hall–Kier alpha value is -3.02. The highest BCUT2D eigenvalue weighted by Gasteiger charge is 2.25. The molecule has 2 rings (SSSR count). The van der Waals surface area contributed by atoms with E-state index in [0.717, 1.165) is 11.1 Å². The van der Waals surface area contributed by atoms with Crippen LogP contribution in [0.15, 0.2) is 48.5 Å². The fourth-order valence-electron chi connectivity index (χ4n) is 2.46. The van der Waals surface area contributed by atoms with E-state index in [4.69, 9.17) is 4.74 Å². The molecule has 0 fully saturated rings. The van der Waals surface area contributed by atoms with Crippen LogP contribution in [0.4, 0.5) is 10.5 Å². The molecule has 1 atom stereocenters. The topological polar surface area (TPSA) is 87.7 Å². The predicted octanol–water partition coefficient (Wildman–Crippen LogP) is 3.78. The van der Waals surface area contributed by atoms with Crippen LogP contribution in [-0.2, 0) is 16.0 Å². The summed E-state index contributed by atoms with van der Waals surface area (Å²) in [6.07, 6.45) is -0.400. The normalized spacial score (nSPS) is 12.1. The number of amides is 2. The second-order valence-electron chi connectivity index (χ2n) is 7.37. The molecule has 0 saturated carbocycles. The Morgan fingerprint density at radius 3 is 2.30 bits per heavy atom. The Morgan fingerprint density at radius 1 is 1.07 bits per heavy atom. The minimum atomic E-state index is -0.830. The van der Waals surface area contributed by atoms with E-state index in [0.29, 0.717) is 5.69 Å². The van der Waals surface area contributed by atoms with Gasteiger partial charge in [-0.15, -0.1) is 0 Å². The minimum absolute atomic E-state index is 0.139. The first-order chi connectivity index (χ1) is 12.6. The maximum atomic E-state index is 12.8. The van der Waals surface area contributed by atoms with Gasteiger partial charge >= 0.3 is 6.09 Å². The van der Waals surface area contributed by atoms with Gasteiger partial charge in [-0.05, 0) is 57.0 Å². The van der Waals surface area contributed by atoms with Gasteiger partial charge in [-0.25, -0.2) is 4.79 Å². The number of anilines is 1. The van der Waals surface area contributed by atoms with Crippen molar-refractivity contribution in [1.29, 1.82) is 0 Å². The summed E-state index contributed by atoms with van der Waals surface area (Å²) < 4.78 is 5.28. The third-order valence-electron chi connectivity index (χ3n) is 3.79. The summed E-state index contributed by atoms with van der Waals surface area (Å²) >= 11 is 0. The molecule has 1 unspecified atom stereocenters. The van der Waals surface area contributed by atoms with Crippen molar-refractivity contribution in [2.75, 3.05) is 5.32 Å². The molecule has 0 aromatic heterocycles. The van der Waals surface area contributed by atoms with Crippen LogP contribution < -0.4 is 10.6 Å². The van der Waals surface area contributed by atoms with E-state index < -0.39 is 17.7 Å². The molecule has 27 heavy (non-hydrogen) atoms. The molecular weight excluding hydrogens is 344 g/mol. The minimum Gasteiger partial charge on any atom is -0.508 e. The molecule has 3 N–H and O–H groups in total. The average Bonchev–Trinajstić information content (AvgIpc) is 2.56. The van der Waals surface area contributed by atoms with Crippen LogP contribution in [0.1, 0.15) is 31.9 Å². The van der Waals surface area contributed by atoms with Gasteiger partial charge in [-0.3, -0.25) is 4.79 Å². The van der Waals surface area contributed by atoms with Crippen LogP contribution in [0.5, 0.6) is 5.75 Å². The number of carbonyl (C=O) groups is 2. The average molecular weight is 370 g/mol. The molecule has 0 aliphatic rings. The summed E-state index contributed by atoms with van der Waals surface area (Å²) in [6, 6.07) is 13.1. The summed E-state index contributed by atoms with van der Waals surface area (Å²) in [5.74, 6) is -0.206. The van der Waals surface area contributed by atoms with Crippen molar-refractivity contribution in [2.45, 2.75) is 45.8 Å². The van der Waals surface area contributed by atoms with Gasteiger partial charge in [0.2, 0.25) is 5.91 Å². The van der Waals surface area contributed by atoms with Crippen molar-refractivity contribution in [3.05, 3.63) is 59.7 Å². The molecule has 2 amide bonds. The van der Waals surface area contributed by atoms with Crippen LogP contribution in [0.3, 0.4) is 0 Å². The number of ether oxygens (including phenoxy) is 1. The van der Waals surface area contributed by atoms with Gasteiger partial charge in [-0.2, -0.15) is 0 Å². The van der Waals surface area contributed by atoms with Crippen molar-refractivity contribution in [2.24, 2.45) is 0 Å². The SMILES string of the molecule is Cc1ccccc1NC(=O)C(Cc1ccc(O)cc1)NC(=O)OC(C)(C)C. The van der Waals surface area contributed by atoms with E-state index in [1.54, 1.807) is 51.1 Å². The lowest BCUT2D eigenvalue weighted by Gasteiger charge is -2.23. The second kappa shape index (κ2) is 8.58. The van der Waals surface area contributed by atoms with Gasteiger partial charge in [-0.1, -0.05) is 30.3 Å². The van der Waals surface area contributed by atoms with E-state index in [9.17, 15) is 14.7 Å². The number of alkyl carbamates (subject to hydrolysis) is 1. The predicted molar refractivity (Wildman–Crippen MR) is 105 cm³/mol. The molecule has 0 spiro atoms. The second-order valence-corrected chi connectivity index (χ2v) is 7.37. The Morgan fingerprint density at radius 2 is 1.70 bits per heavy atom. The number of hydrogen-bond acceptors (Lipinski definition) is 4. The number of aryl methyl sites for hydroxylation is 1. The third kappa shape index (κ3) is 6.66. The lowest BCUT2D eigenvalue weighted by Crippen LogP contribution is -2.47. The fraction of sp³-hybridized carbons (Fsp3) is 0.333. The van der Waals surface area contributed by atoms with Gasteiger partial charge < -0.3 is 20.5 Å².